The Bertz CT molecular complexity index is 1190. The Morgan fingerprint density at radius 2 is 1.87 bits per heavy atom. The molecule has 3 aromatic rings. The first-order valence-electron chi connectivity index (χ1n) is 10.3. The summed E-state index contributed by atoms with van der Waals surface area (Å²) in [6.07, 6.45) is 2.46. The molecule has 0 saturated heterocycles. The minimum atomic E-state index is -0.476. The summed E-state index contributed by atoms with van der Waals surface area (Å²) in [5.41, 5.74) is 2.03. The number of hydrogen-bond acceptors (Lipinski definition) is 5. The number of unbranched alkanes of at least 4 members (excludes halogenated alkanes) is 1. The number of nitrogens with zero attached hydrogens (tertiary/aromatic N) is 3. The van der Waals surface area contributed by atoms with Crippen molar-refractivity contribution >= 4 is 17.1 Å². The molecule has 0 amide bonds. The first kappa shape index (κ1) is 21.5. The summed E-state index contributed by atoms with van der Waals surface area (Å²) in [5, 5.41) is 0. The van der Waals surface area contributed by atoms with Crippen LogP contribution in [-0.2, 0) is 24.4 Å². The van der Waals surface area contributed by atoms with Crippen molar-refractivity contribution in [3.63, 3.8) is 0 Å². The van der Waals surface area contributed by atoms with Crippen LogP contribution in [-0.4, -0.2) is 25.1 Å². The van der Waals surface area contributed by atoms with Gasteiger partial charge in [-0.25, -0.2) is 14.6 Å². The standard InChI is InChI=1S/C22H28N4O4/c1-5-7-11-26-19-18(20(27)24-22(26)29)25(10-6-2)17(23-19)13-30-21(28)16-12-14(3)8-9-15(16)4/h8-9,12H,5-7,10-11,13H2,1-4H3,(H,24,27,29). The van der Waals surface area contributed by atoms with Crippen molar-refractivity contribution in [1.82, 2.24) is 19.1 Å². The normalized spacial score (nSPS) is 11.2. The maximum absolute atomic E-state index is 12.6. The molecular weight excluding hydrogens is 384 g/mol. The third-order valence-corrected chi connectivity index (χ3v) is 5.09. The van der Waals surface area contributed by atoms with Crippen LogP contribution in [0.25, 0.3) is 11.2 Å². The second-order valence-corrected chi connectivity index (χ2v) is 7.51. The number of aromatic nitrogens is 4. The molecule has 0 aliphatic carbocycles. The predicted octanol–water partition coefficient (Wildman–Crippen LogP) is 3.07. The van der Waals surface area contributed by atoms with Gasteiger partial charge in [-0.2, -0.15) is 0 Å². The van der Waals surface area contributed by atoms with Crippen LogP contribution in [0.1, 0.15) is 60.4 Å². The number of carbonyl (C=O) groups excluding carboxylic acids is 1. The van der Waals surface area contributed by atoms with Crippen LogP contribution in [0.5, 0.6) is 0 Å². The number of benzene rings is 1. The second-order valence-electron chi connectivity index (χ2n) is 7.51. The van der Waals surface area contributed by atoms with Gasteiger partial charge in [-0.15, -0.1) is 0 Å². The number of H-pyrrole nitrogens is 1. The van der Waals surface area contributed by atoms with Crippen LogP contribution in [0.3, 0.4) is 0 Å². The SMILES string of the molecule is CCCCn1c(=O)[nH]c(=O)c2c1nc(COC(=O)c1cc(C)ccc1C)n2CCC. The van der Waals surface area contributed by atoms with Crippen LogP contribution >= 0.6 is 0 Å². The minimum Gasteiger partial charge on any atom is -0.454 e. The molecule has 160 valence electrons. The van der Waals surface area contributed by atoms with Crippen LogP contribution in [0.4, 0.5) is 0 Å². The molecule has 3 rings (SSSR count). The van der Waals surface area contributed by atoms with Gasteiger partial charge in [0.1, 0.15) is 12.4 Å². The number of nitrogens with one attached hydrogen (secondary N) is 1. The van der Waals surface area contributed by atoms with E-state index in [0.717, 1.165) is 30.4 Å². The average molecular weight is 412 g/mol. The zero-order valence-electron chi connectivity index (χ0n) is 17.9. The van der Waals surface area contributed by atoms with Gasteiger partial charge in [-0.05, 0) is 38.3 Å². The maximum Gasteiger partial charge on any atom is 0.338 e. The summed E-state index contributed by atoms with van der Waals surface area (Å²) in [6, 6.07) is 5.61. The number of aryl methyl sites for hydroxylation is 4. The number of carbonyl (C=O) groups is 1. The number of ether oxygens (including phenoxy) is 1. The van der Waals surface area contributed by atoms with E-state index in [1.54, 1.807) is 10.6 Å². The number of esters is 1. The van der Waals surface area contributed by atoms with Gasteiger partial charge in [-0.3, -0.25) is 14.3 Å². The number of imidazole rings is 1. The Morgan fingerprint density at radius 1 is 1.10 bits per heavy atom. The molecule has 0 atom stereocenters. The zero-order chi connectivity index (χ0) is 21.8. The Morgan fingerprint density at radius 3 is 2.57 bits per heavy atom. The van der Waals surface area contributed by atoms with Gasteiger partial charge in [0, 0.05) is 13.1 Å². The lowest BCUT2D eigenvalue weighted by atomic mass is 10.1. The topological polar surface area (TPSA) is 99.0 Å². The number of hydrogen-bond donors (Lipinski definition) is 1. The van der Waals surface area contributed by atoms with E-state index >= 15 is 0 Å². The Labute approximate surface area is 174 Å². The molecule has 0 radical (unpaired) electrons. The molecule has 0 fully saturated rings. The molecule has 8 heteroatoms. The quantitative estimate of drug-likeness (QED) is 0.573. The van der Waals surface area contributed by atoms with Gasteiger partial charge >= 0.3 is 11.7 Å². The highest BCUT2D eigenvalue weighted by Crippen LogP contribution is 2.16. The van der Waals surface area contributed by atoms with Gasteiger partial charge in [0.25, 0.3) is 5.56 Å². The highest BCUT2D eigenvalue weighted by atomic mass is 16.5. The molecule has 0 bridgehead atoms. The third-order valence-electron chi connectivity index (χ3n) is 5.09. The van der Waals surface area contributed by atoms with Crippen molar-refractivity contribution in [2.24, 2.45) is 0 Å². The van der Waals surface area contributed by atoms with Crippen molar-refractivity contribution in [2.45, 2.75) is 66.7 Å². The van der Waals surface area contributed by atoms with E-state index in [4.69, 9.17) is 4.74 Å². The van der Waals surface area contributed by atoms with E-state index in [0.29, 0.717) is 35.6 Å². The number of aromatic amines is 1. The van der Waals surface area contributed by atoms with E-state index in [9.17, 15) is 14.4 Å². The predicted molar refractivity (Wildman–Crippen MR) is 115 cm³/mol. The summed E-state index contributed by atoms with van der Waals surface area (Å²) in [7, 11) is 0. The fourth-order valence-corrected chi connectivity index (χ4v) is 3.48. The fourth-order valence-electron chi connectivity index (χ4n) is 3.48. The molecule has 0 aliphatic rings. The van der Waals surface area contributed by atoms with Crippen molar-refractivity contribution < 1.29 is 9.53 Å². The smallest absolute Gasteiger partial charge is 0.338 e. The van der Waals surface area contributed by atoms with Gasteiger partial charge < -0.3 is 9.30 Å². The molecular formula is C22H28N4O4. The summed E-state index contributed by atoms with van der Waals surface area (Å²) in [5.74, 6) is 0.00967. The number of rotatable bonds is 8. The molecule has 1 N–H and O–H groups in total. The summed E-state index contributed by atoms with van der Waals surface area (Å²) >= 11 is 0. The molecule has 0 spiro atoms. The molecule has 2 aromatic heterocycles. The molecule has 2 heterocycles. The van der Waals surface area contributed by atoms with E-state index in [2.05, 4.69) is 9.97 Å². The van der Waals surface area contributed by atoms with Crippen LogP contribution in [0.2, 0.25) is 0 Å². The monoisotopic (exact) mass is 412 g/mol. The van der Waals surface area contributed by atoms with Crippen LogP contribution in [0, 0.1) is 13.8 Å². The Hall–Kier alpha value is -3.16. The van der Waals surface area contributed by atoms with Crippen LogP contribution in [0.15, 0.2) is 27.8 Å². The summed E-state index contributed by atoms with van der Waals surface area (Å²) in [4.78, 5) is 44.4. The van der Waals surface area contributed by atoms with E-state index < -0.39 is 17.2 Å². The van der Waals surface area contributed by atoms with Crippen molar-refractivity contribution in [1.29, 1.82) is 0 Å². The average Bonchev–Trinajstić information content (AvgIpc) is 3.07. The van der Waals surface area contributed by atoms with Gasteiger partial charge in [0.2, 0.25) is 0 Å². The highest BCUT2D eigenvalue weighted by Gasteiger charge is 2.20. The highest BCUT2D eigenvalue weighted by molar-refractivity contribution is 5.91. The third kappa shape index (κ3) is 4.22. The van der Waals surface area contributed by atoms with E-state index in [1.807, 2.05) is 39.8 Å². The lowest BCUT2D eigenvalue weighted by Crippen LogP contribution is -2.31. The maximum atomic E-state index is 12.6. The molecule has 0 saturated carbocycles. The molecule has 30 heavy (non-hydrogen) atoms. The molecule has 0 unspecified atom stereocenters. The van der Waals surface area contributed by atoms with Gasteiger partial charge in [0.15, 0.2) is 11.2 Å². The molecule has 1 aromatic carbocycles. The Kier molecular flexibility index (Phi) is 6.54. The lowest BCUT2D eigenvalue weighted by molar-refractivity contribution is 0.0457. The molecule has 0 aliphatic heterocycles. The lowest BCUT2D eigenvalue weighted by Gasteiger charge is -2.10. The van der Waals surface area contributed by atoms with E-state index in [1.165, 1.54) is 4.57 Å². The summed E-state index contributed by atoms with van der Waals surface area (Å²) < 4.78 is 8.77. The first-order chi connectivity index (χ1) is 14.4. The largest absolute Gasteiger partial charge is 0.454 e. The first-order valence-corrected chi connectivity index (χ1v) is 10.3. The van der Waals surface area contributed by atoms with Crippen molar-refractivity contribution in [2.75, 3.05) is 0 Å². The number of fused-ring (bicyclic) bond motifs is 1. The second kappa shape index (κ2) is 9.11. The van der Waals surface area contributed by atoms with Gasteiger partial charge in [-0.1, -0.05) is 38.0 Å². The van der Waals surface area contributed by atoms with Crippen molar-refractivity contribution in [3.05, 3.63) is 61.6 Å². The van der Waals surface area contributed by atoms with Crippen LogP contribution < -0.4 is 11.2 Å². The molecule has 8 nitrogen and oxygen atoms in total. The van der Waals surface area contributed by atoms with E-state index in [-0.39, 0.29) is 6.61 Å². The summed E-state index contributed by atoms with van der Waals surface area (Å²) in [6.45, 7) is 8.70. The zero-order valence-corrected chi connectivity index (χ0v) is 17.9. The minimum absolute atomic E-state index is 0.0810. The van der Waals surface area contributed by atoms with Crippen molar-refractivity contribution in [3.8, 4) is 0 Å². The fraction of sp³-hybridized carbons (Fsp3) is 0.455. The Balaban J connectivity index is 2.00. The van der Waals surface area contributed by atoms with Gasteiger partial charge in [0.05, 0.1) is 5.56 Å².